The van der Waals surface area contributed by atoms with Gasteiger partial charge in [0.1, 0.15) is 17.5 Å². The monoisotopic (exact) mass is 813 g/mol. The summed E-state index contributed by atoms with van der Waals surface area (Å²) in [6.07, 6.45) is 11.2. The molecule has 0 amide bonds. The van der Waals surface area contributed by atoms with Crippen LogP contribution in [0.5, 0.6) is 0 Å². The molecule has 1 aliphatic rings. The zero-order valence-corrected chi connectivity index (χ0v) is 34.0. The van der Waals surface area contributed by atoms with Crippen molar-refractivity contribution in [3.8, 4) is 0 Å². The number of fused-ring (bicyclic) bond motifs is 9. The topological polar surface area (TPSA) is 92.1 Å². The van der Waals surface area contributed by atoms with Gasteiger partial charge in [0.25, 0.3) is 0 Å². The van der Waals surface area contributed by atoms with Crippen LogP contribution in [0.15, 0.2) is 201 Å². The number of para-hydroxylation sites is 6. The second-order valence-electron chi connectivity index (χ2n) is 16.6. The zero-order valence-electron chi connectivity index (χ0n) is 34.0. The quantitative estimate of drug-likeness (QED) is 0.166. The van der Waals surface area contributed by atoms with E-state index in [0.29, 0.717) is 17.5 Å². The summed E-state index contributed by atoms with van der Waals surface area (Å²) in [4.78, 5) is 31.2. The van der Waals surface area contributed by atoms with Crippen LogP contribution in [0.3, 0.4) is 0 Å². The van der Waals surface area contributed by atoms with Crippen molar-refractivity contribution in [2.45, 2.75) is 35.9 Å². The molecule has 0 saturated heterocycles. The number of benzene rings is 6. The van der Waals surface area contributed by atoms with Gasteiger partial charge in [-0.1, -0.05) is 109 Å². The fraction of sp³-hybridized carbons (Fsp3) is 0.111. The van der Waals surface area contributed by atoms with Crippen molar-refractivity contribution in [1.29, 1.82) is 0 Å². The van der Waals surface area contributed by atoms with E-state index in [1.807, 2.05) is 55.4 Å². The van der Waals surface area contributed by atoms with Gasteiger partial charge >= 0.3 is 0 Å². The van der Waals surface area contributed by atoms with Crippen LogP contribution in [0.1, 0.15) is 53.4 Å². The molecule has 1 saturated carbocycles. The molecule has 0 N–H and O–H groups in total. The van der Waals surface area contributed by atoms with Crippen LogP contribution in [-0.2, 0) is 0 Å². The van der Waals surface area contributed by atoms with Crippen LogP contribution in [0.2, 0.25) is 0 Å². The molecule has 0 bridgehead atoms. The third-order valence-corrected chi connectivity index (χ3v) is 13.6. The summed E-state index contributed by atoms with van der Waals surface area (Å²) < 4.78 is 7.86. The van der Waals surface area contributed by atoms with Gasteiger partial charge in [-0.3, -0.25) is 0 Å². The molecule has 9 heteroatoms. The molecule has 9 nitrogen and oxygen atoms in total. The van der Waals surface area contributed by atoms with Crippen molar-refractivity contribution in [3.05, 3.63) is 218 Å². The smallest absolute Gasteiger partial charge is 0.134 e. The maximum Gasteiger partial charge on any atom is 0.134 e. The Kier molecular flexibility index (Phi) is 8.09. The largest absolute Gasteiger partial charge is 0.334 e. The Labute approximate surface area is 362 Å². The normalized spacial score (nSPS) is 20.4. The minimum absolute atomic E-state index is 0.323. The standard InChI is InChI=1S/C54H39N9/c1-7-22-40-34(16-1)35-17-2-8-23-41(35)61(40)49-47(53-57-30-14-31-58-53)46(52-55-28-13-29-56-52)48(54-59-32-15-33-60-54)50(62-42-24-9-3-18-36(42)37-19-4-10-25-43(37)62)51(49)63-44-26-11-5-20-38(44)39-21-6-12-27-45(39)63/h1-33,46-51H. The van der Waals surface area contributed by atoms with Crippen LogP contribution in [0, 0.1) is 0 Å². The third-order valence-electron chi connectivity index (χ3n) is 13.6. The second kappa shape index (κ2) is 14.3. The van der Waals surface area contributed by atoms with Crippen LogP contribution in [0.25, 0.3) is 65.4 Å². The summed E-state index contributed by atoms with van der Waals surface area (Å²) in [5.41, 5.74) is 6.85. The molecule has 6 aromatic heterocycles. The highest BCUT2D eigenvalue weighted by atomic mass is 15.2. The van der Waals surface area contributed by atoms with Crippen molar-refractivity contribution < 1.29 is 0 Å². The lowest BCUT2D eigenvalue weighted by atomic mass is 9.62. The summed E-state index contributed by atoms with van der Waals surface area (Å²) in [7, 11) is 0. The van der Waals surface area contributed by atoms with Crippen LogP contribution < -0.4 is 0 Å². The minimum Gasteiger partial charge on any atom is -0.334 e. The molecule has 4 atom stereocenters. The molecule has 6 heterocycles. The van der Waals surface area contributed by atoms with Crippen LogP contribution in [0.4, 0.5) is 0 Å². The number of rotatable bonds is 6. The van der Waals surface area contributed by atoms with E-state index >= 15 is 0 Å². The van der Waals surface area contributed by atoms with Crippen molar-refractivity contribution in [2.75, 3.05) is 0 Å². The highest BCUT2D eigenvalue weighted by Crippen LogP contribution is 2.65. The van der Waals surface area contributed by atoms with Crippen molar-refractivity contribution in [2.24, 2.45) is 0 Å². The van der Waals surface area contributed by atoms with Crippen LogP contribution in [-0.4, -0.2) is 43.6 Å². The Hall–Kier alpha value is -8.04. The van der Waals surface area contributed by atoms with Gasteiger partial charge in [-0.15, -0.1) is 0 Å². The molecule has 63 heavy (non-hydrogen) atoms. The van der Waals surface area contributed by atoms with Crippen molar-refractivity contribution in [1.82, 2.24) is 43.6 Å². The van der Waals surface area contributed by atoms with Gasteiger partial charge < -0.3 is 13.7 Å². The number of nitrogens with zero attached hydrogens (tertiary/aromatic N) is 9. The summed E-state index contributed by atoms with van der Waals surface area (Å²) in [5.74, 6) is 0.940. The minimum atomic E-state index is -0.407. The molecule has 0 aliphatic heterocycles. The predicted octanol–water partition coefficient (Wildman–Crippen LogP) is 11.8. The van der Waals surface area contributed by atoms with E-state index in [4.69, 9.17) is 29.9 Å². The summed E-state index contributed by atoms with van der Waals surface area (Å²) in [6.45, 7) is 0. The summed E-state index contributed by atoms with van der Waals surface area (Å²) in [6, 6.07) is 57.8. The highest BCUT2D eigenvalue weighted by Gasteiger charge is 2.58. The van der Waals surface area contributed by atoms with E-state index in [9.17, 15) is 0 Å². The maximum atomic E-state index is 5.22. The molecule has 1 aliphatic carbocycles. The molecule has 13 rings (SSSR count). The maximum absolute atomic E-state index is 5.22. The van der Waals surface area contributed by atoms with Gasteiger partial charge in [0.15, 0.2) is 0 Å². The van der Waals surface area contributed by atoms with Gasteiger partial charge in [-0.05, 0) is 54.6 Å². The van der Waals surface area contributed by atoms with Gasteiger partial charge in [-0.2, -0.15) is 0 Å². The van der Waals surface area contributed by atoms with Crippen LogP contribution >= 0.6 is 0 Å². The Balaban J connectivity index is 1.29. The zero-order chi connectivity index (χ0) is 41.4. The first-order valence-electron chi connectivity index (χ1n) is 21.6. The van der Waals surface area contributed by atoms with E-state index in [1.54, 1.807) is 0 Å². The fourth-order valence-electron chi connectivity index (χ4n) is 11.4. The molecule has 300 valence electrons. The average molecular weight is 814 g/mol. The molecule has 0 spiro atoms. The van der Waals surface area contributed by atoms with E-state index in [-0.39, 0.29) is 18.1 Å². The Bertz CT molecular complexity index is 3310. The lowest BCUT2D eigenvalue weighted by molar-refractivity contribution is 0.104. The molecular formula is C54H39N9. The lowest BCUT2D eigenvalue weighted by Gasteiger charge is -2.52. The number of aromatic nitrogens is 9. The van der Waals surface area contributed by atoms with E-state index in [0.717, 1.165) is 33.1 Å². The highest BCUT2D eigenvalue weighted by molar-refractivity contribution is 6.10. The summed E-state index contributed by atoms with van der Waals surface area (Å²) >= 11 is 0. The average Bonchev–Trinajstić information content (AvgIpc) is 4.00. The van der Waals surface area contributed by atoms with E-state index in [1.165, 1.54) is 32.3 Å². The lowest BCUT2D eigenvalue weighted by Crippen LogP contribution is -2.47. The Morgan fingerprint density at radius 2 is 0.460 bits per heavy atom. The van der Waals surface area contributed by atoms with Crippen molar-refractivity contribution >= 4 is 65.4 Å². The Morgan fingerprint density at radius 3 is 0.730 bits per heavy atom. The first-order chi connectivity index (χ1) is 31.3. The first kappa shape index (κ1) is 35.7. The molecular weight excluding hydrogens is 775 g/mol. The molecule has 0 radical (unpaired) electrons. The summed E-state index contributed by atoms with van der Waals surface area (Å²) in [5, 5.41) is 7.16. The van der Waals surface area contributed by atoms with Gasteiger partial charge in [-0.25, -0.2) is 29.9 Å². The van der Waals surface area contributed by atoms with Gasteiger partial charge in [0.2, 0.25) is 0 Å². The predicted molar refractivity (Wildman–Crippen MR) is 250 cm³/mol. The second-order valence-corrected chi connectivity index (χ2v) is 16.6. The molecule has 6 aromatic carbocycles. The van der Waals surface area contributed by atoms with E-state index < -0.39 is 17.8 Å². The van der Waals surface area contributed by atoms with Crippen molar-refractivity contribution in [3.63, 3.8) is 0 Å². The number of hydrogen-bond donors (Lipinski definition) is 0. The Morgan fingerprint density at radius 1 is 0.238 bits per heavy atom. The number of hydrogen-bond acceptors (Lipinski definition) is 6. The molecule has 12 aromatic rings. The van der Waals surface area contributed by atoms with Gasteiger partial charge in [0, 0.05) is 109 Å². The first-order valence-corrected chi connectivity index (χ1v) is 21.6. The molecule has 4 unspecified atom stereocenters. The fourth-order valence-corrected chi connectivity index (χ4v) is 11.4. The van der Waals surface area contributed by atoms with E-state index in [2.05, 4.69) is 159 Å². The molecule has 1 fully saturated rings. The third kappa shape index (κ3) is 5.29. The SMILES string of the molecule is c1cnc(C2C(c3ncccn3)C(n3c4ccccc4c4ccccc43)C(n3c4ccccc4c4ccccc43)C(n3c4ccccc4c4ccccc43)C2c2ncccn2)nc1. The van der Waals surface area contributed by atoms with Gasteiger partial charge in [0.05, 0.1) is 30.0 Å².